The second-order valence-electron chi connectivity index (χ2n) is 8.10. The van der Waals surface area contributed by atoms with E-state index < -0.39 is 0 Å². The lowest BCUT2D eigenvalue weighted by molar-refractivity contribution is -0.136. The normalized spacial score (nSPS) is 33.6. The number of nitrogens with two attached hydrogens (primary N) is 1. The maximum atomic E-state index is 12.6. The van der Waals surface area contributed by atoms with E-state index in [4.69, 9.17) is 5.73 Å². The molecule has 20 heavy (non-hydrogen) atoms. The Labute approximate surface area is 124 Å². The van der Waals surface area contributed by atoms with Crippen molar-refractivity contribution in [2.24, 2.45) is 22.5 Å². The number of rotatable bonds is 2. The molecule has 3 N–H and O–H groups in total. The molecule has 0 aromatic rings. The molecule has 0 aromatic heterocycles. The Morgan fingerprint density at radius 2 is 1.40 bits per heavy atom. The zero-order valence-corrected chi connectivity index (χ0v) is 13.7. The SMILES string of the molecule is CC1(C)C(N)C(C)(C)C1NC(=O)C1CCCCCCC1. The molecule has 2 fully saturated rings. The number of hydrogen-bond acceptors (Lipinski definition) is 2. The summed E-state index contributed by atoms with van der Waals surface area (Å²) >= 11 is 0. The van der Waals surface area contributed by atoms with Crippen molar-refractivity contribution in [1.82, 2.24) is 5.32 Å². The smallest absolute Gasteiger partial charge is 0.223 e. The molecule has 3 nitrogen and oxygen atoms in total. The zero-order valence-electron chi connectivity index (χ0n) is 13.7. The van der Waals surface area contributed by atoms with Gasteiger partial charge in [-0.05, 0) is 12.8 Å². The van der Waals surface area contributed by atoms with Crippen molar-refractivity contribution < 1.29 is 4.79 Å². The Kier molecular flexibility index (Phi) is 4.48. The van der Waals surface area contributed by atoms with E-state index in [1.807, 2.05) is 0 Å². The fraction of sp³-hybridized carbons (Fsp3) is 0.941. The highest BCUT2D eigenvalue weighted by Gasteiger charge is 2.60. The van der Waals surface area contributed by atoms with Crippen LogP contribution in [0.3, 0.4) is 0 Å². The molecule has 0 spiro atoms. The van der Waals surface area contributed by atoms with Crippen LogP contribution < -0.4 is 11.1 Å². The first kappa shape index (κ1) is 15.8. The summed E-state index contributed by atoms with van der Waals surface area (Å²) in [5, 5.41) is 3.33. The summed E-state index contributed by atoms with van der Waals surface area (Å²) < 4.78 is 0. The van der Waals surface area contributed by atoms with Gasteiger partial charge in [-0.25, -0.2) is 0 Å². The van der Waals surface area contributed by atoms with Gasteiger partial charge in [-0.15, -0.1) is 0 Å². The Balaban J connectivity index is 1.96. The molecule has 0 saturated heterocycles. The molecule has 1 amide bonds. The van der Waals surface area contributed by atoms with E-state index in [0.29, 0.717) is 0 Å². The van der Waals surface area contributed by atoms with Gasteiger partial charge in [0.15, 0.2) is 0 Å². The summed E-state index contributed by atoms with van der Waals surface area (Å²) in [6.07, 6.45) is 8.44. The van der Waals surface area contributed by atoms with Crippen molar-refractivity contribution >= 4 is 5.91 Å². The summed E-state index contributed by atoms with van der Waals surface area (Å²) in [6.45, 7) is 8.69. The number of carbonyl (C=O) groups is 1. The molecule has 2 rings (SSSR count). The monoisotopic (exact) mass is 280 g/mol. The highest BCUT2D eigenvalue weighted by atomic mass is 16.2. The van der Waals surface area contributed by atoms with Crippen LogP contribution in [-0.2, 0) is 4.79 Å². The van der Waals surface area contributed by atoms with Gasteiger partial charge >= 0.3 is 0 Å². The van der Waals surface area contributed by atoms with Gasteiger partial charge in [-0.3, -0.25) is 4.79 Å². The van der Waals surface area contributed by atoms with Crippen LogP contribution in [0.4, 0.5) is 0 Å². The number of amides is 1. The highest BCUT2D eigenvalue weighted by molar-refractivity contribution is 5.79. The molecular weight excluding hydrogens is 248 g/mol. The molecule has 0 unspecified atom stereocenters. The van der Waals surface area contributed by atoms with Crippen LogP contribution in [0.1, 0.15) is 72.6 Å². The van der Waals surface area contributed by atoms with E-state index in [-0.39, 0.29) is 34.7 Å². The van der Waals surface area contributed by atoms with Crippen LogP contribution in [0, 0.1) is 16.7 Å². The number of nitrogens with one attached hydrogen (secondary N) is 1. The lowest BCUT2D eigenvalue weighted by atomic mass is 9.48. The van der Waals surface area contributed by atoms with Crippen molar-refractivity contribution in [3.05, 3.63) is 0 Å². The van der Waals surface area contributed by atoms with Gasteiger partial charge in [0, 0.05) is 28.8 Å². The molecule has 3 heteroatoms. The molecule has 2 aliphatic carbocycles. The van der Waals surface area contributed by atoms with Gasteiger partial charge in [-0.2, -0.15) is 0 Å². The Hall–Kier alpha value is -0.570. The van der Waals surface area contributed by atoms with Crippen LogP contribution >= 0.6 is 0 Å². The van der Waals surface area contributed by atoms with Gasteiger partial charge in [0.25, 0.3) is 0 Å². The second kappa shape index (κ2) is 5.67. The molecule has 2 saturated carbocycles. The van der Waals surface area contributed by atoms with Crippen molar-refractivity contribution in [3.63, 3.8) is 0 Å². The minimum Gasteiger partial charge on any atom is -0.352 e. The molecule has 2 aliphatic rings. The van der Waals surface area contributed by atoms with E-state index in [1.54, 1.807) is 0 Å². The largest absolute Gasteiger partial charge is 0.352 e. The average molecular weight is 280 g/mol. The minimum atomic E-state index is 0.000772. The summed E-state index contributed by atoms with van der Waals surface area (Å²) in [5.74, 6) is 0.490. The highest BCUT2D eigenvalue weighted by Crippen LogP contribution is 2.52. The molecule has 0 aliphatic heterocycles. The Bertz CT molecular complexity index is 338. The van der Waals surface area contributed by atoms with Crippen molar-refractivity contribution in [3.8, 4) is 0 Å². The lowest BCUT2D eigenvalue weighted by Crippen LogP contribution is -2.76. The van der Waals surface area contributed by atoms with E-state index in [0.717, 1.165) is 12.8 Å². The first-order valence-electron chi connectivity index (χ1n) is 8.34. The third kappa shape index (κ3) is 2.74. The summed E-state index contributed by atoms with van der Waals surface area (Å²) in [6, 6.07) is 0.348. The van der Waals surface area contributed by atoms with Gasteiger partial charge in [-0.1, -0.05) is 59.8 Å². The standard InChI is InChI=1S/C17H32N2O/c1-16(2)14(18)17(3,4)15(16)19-13(20)12-10-8-6-5-7-9-11-12/h12,14-15H,5-11,18H2,1-4H3,(H,19,20). The van der Waals surface area contributed by atoms with Gasteiger partial charge in [0.1, 0.15) is 0 Å². The fourth-order valence-electron chi connectivity index (χ4n) is 4.53. The average Bonchev–Trinajstić information content (AvgIpc) is 2.34. The summed E-state index contributed by atoms with van der Waals surface area (Å²) in [4.78, 5) is 12.6. The summed E-state index contributed by atoms with van der Waals surface area (Å²) in [5.41, 5.74) is 6.27. The van der Waals surface area contributed by atoms with Crippen LogP contribution in [0.2, 0.25) is 0 Å². The lowest BCUT2D eigenvalue weighted by Gasteiger charge is -2.63. The molecule has 0 radical (unpaired) electrons. The van der Waals surface area contributed by atoms with E-state index in [1.165, 1.54) is 32.1 Å². The molecular formula is C17H32N2O. The van der Waals surface area contributed by atoms with Crippen molar-refractivity contribution in [2.45, 2.75) is 84.7 Å². The number of hydrogen-bond donors (Lipinski definition) is 2. The molecule has 0 bridgehead atoms. The van der Waals surface area contributed by atoms with Crippen molar-refractivity contribution in [2.75, 3.05) is 0 Å². The third-order valence-corrected chi connectivity index (χ3v) is 5.85. The predicted octanol–water partition coefficient (Wildman–Crippen LogP) is 3.23. The maximum Gasteiger partial charge on any atom is 0.223 e. The minimum absolute atomic E-state index is 0.000772. The third-order valence-electron chi connectivity index (χ3n) is 5.85. The van der Waals surface area contributed by atoms with Crippen LogP contribution in [0.25, 0.3) is 0 Å². The van der Waals surface area contributed by atoms with Crippen molar-refractivity contribution in [1.29, 1.82) is 0 Å². The van der Waals surface area contributed by atoms with Crippen LogP contribution in [0.15, 0.2) is 0 Å². The molecule has 0 heterocycles. The van der Waals surface area contributed by atoms with Crippen LogP contribution in [-0.4, -0.2) is 18.0 Å². The number of carbonyl (C=O) groups excluding carboxylic acids is 1. The van der Waals surface area contributed by atoms with E-state index in [9.17, 15) is 4.79 Å². The van der Waals surface area contributed by atoms with E-state index in [2.05, 4.69) is 33.0 Å². The summed E-state index contributed by atoms with van der Waals surface area (Å²) in [7, 11) is 0. The quantitative estimate of drug-likeness (QED) is 0.816. The second-order valence-corrected chi connectivity index (χ2v) is 8.10. The topological polar surface area (TPSA) is 55.1 Å². The van der Waals surface area contributed by atoms with Gasteiger partial charge < -0.3 is 11.1 Å². The first-order chi connectivity index (χ1) is 9.28. The zero-order chi connectivity index (χ0) is 15.0. The fourth-order valence-corrected chi connectivity index (χ4v) is 4.53. The first-order valence-corrected chi connectivity index (χ1v) is 8.34. The molecule has 0 aromatic carbocycles. The molecule has 116 valence electrons. The van der Waals surface area contributed by atoms with E-state index >= 15 is 0 Å². The Morgan fingerprint density at radius 1 is 0.950 bits per heavy atom. The maximum absolute atomic E-state index is 12.6. The van der Waals surface area contributed by atoms with Gasteiger partial charge in [0.2, 0.25) is 5.91 Å². The van der Waals surface area contributed by atoms with Crippen LogP contribution in [0.5, 0.6) is 0 Å². The predicted molar refractivity (Wildman–Crippen MR) is 83.3 cm³/mol. The Morgan fingerprint density at radius 3 is 1.90 bits per heavy atom. The molecule has 0 atom stereocenters. The van der Waals surface area contributed by atoms with Gasteiger partial charge in [0.05, 0.1) is 0 Å².